The minimum atomic E-state index is -1.56. The summed E-state index contributed by atoms with van der Waals surface area (Å²) >= 11 is 0. The number of rotatable bonds is 8. The Morgan fingerprint density at radius 2 is 1.90 bits per heavy atom. The van der Waals surface area contributed by atoms with Crippen LogP contribution in [-0.4, -0.2) is 42.9 Å². The van der Waals surface area contributed by atoms with Crippen molar-refractivity contribution < 1.29 is 28.6 Å². The van der Waals surface area contributed by atoms with Gasteiger partial charge in [0.1, 0.15) is 6.67 Å². The highest BCUT2D eigenvalue weighted by Gasteiger charge is 2.19. The number of amides is 1. The fraction of sp³-hybridized carbons (Fsp3) is 0.385. The summed E-state index contributed by atoms with van der Waals surface area (Å²) in [4.78, 5) is 22.0. The highest BCUT2D eigenvalue weighted by molar-refractivity contribution is 5.84. The van der Waals surface area contributed by atoms with Crippen LogP contribution >= 0.6 is 0 Å². The molecule has 1 unspecified atom stereocenters. The number of carboxylic acid groups (broad SMARTS) is 1. The van der Waals surface area contributed by atoms with Crippen molar-refractivity contribution in [1.29, 1.82) is 0 Å². The molecule has 7 heteroatoms. The third-order valence-corrected chi connectivity index (χ3v) is 2.30. The van der Waals surface area contributed by atoms with Gasteiger partial charge in [-0.1, -0.05) is 12.1 Å². The monoisotopic (exact) mass is 285 g/mol. The number of halogens is 1. The van der Waals surface area contributed by atoms with Gasteiger partial charge in [0, 0.05) is 0 Å². The number of hydrogen-bond acceptors (Lipinski definition) is 4. The van der Waals surface area contributed by atoms with Crippen molar-refractivity contribution in [3.63, 3.8) is 0 Å². The molecule has 1 aromatic carbocycles. The van der Waals surface area contributed by atoms with Crippen LogP contribution in [0.2, 0.25) is 0 Å². The van der Waals surface area contributed by atoms with Crippen molar-refractivity contribution in [2.45, 2.75) is 13.0 Å². The Morgan fingerprint density at radius 3 is 2.40 bits per heavy atom. The van der Waals surface area contributed by atoms with Crippen LogP contribution in [0, 0.1) is 0 Å². The molecule has 6 nitrogen and oxygen atoms in total. The lowest BCUT2D eigenvalue weighted by molar-refractivity contribution is -0.142. The molecule has 0 heterocycles. The third-order valence-electron chi connectivity index (χ3n) is 2.30. The molecule has 0 aliphatic rings. The number of alkyl halides is 1. The molecule has 0 bridgehead atoms. The number of ether oxygens (including phenoxy) is 2. The highest BCUT2D eigenvalue weighted by Crippen LogP contribution is 2.26. The van der Waals surface area contributed by atoms with Crippen LogP contribution in [0.15, 0.2) is 24.3 Å². The highest BCUT2D eigenvalue weighted by atomic mass is 19.1. The van der Waals surface area contributed by atoms with Crippen LogP contribution in [0.5, 0.6) is 11.5 Å². The molecule has 0 aliphatic carbocycles. The second-order valence-corrected chi connectivity index (χ2v) is 3.78. The molecule has 110 valence electrons. The van der Waals surface area contributed by atoms with Crippen molar-refractivity contribution in [3.8, 4) is 11.5 Å². The smallest absolute Gasteiger partial charge is 0.328 e. The first-order chi connectivity index (χ1) is 9.58. The average molecular weight is 285 g/mol. The molecule has 2 N–H and O–H groups in total. The molecule has 1 rings (SSSR count). The SMILES string of the molecule is CCOc1ccccc1OCC(=O)NC(CF)C(=O)O. The maximum atomic E-state index is 12.3. The summed E-state index contributed by atoms with van der Waals surface area (Å²) < 4.78 is 22.9. The van der Waals surface area contributed by atoms with E-state index in [1.807, 2.05) is 12.2 Å². The zero-order chi connectivity index (χ0) is 15.0. The van der Waals surface area contributed by atoms with Gasteiger partial charge in [-0.05, 0) is 19.1 Å². The van der Waals surface area contributed by atoms with E-state index in [2.05, 4.69) is 0 Å². The van der Waals surface area contributed by atoms with E-state index in [4.69, 9.17) is 14.6 Å². The van der Waals surface area contributed by atoms with E-state index < -0.39 is 31.2 Å². The summed E-state index contributed by atoms with van der Waals surface area (Å²) in [5, 5.41) is 10.6. The first-order valence-electron chi connectivity index (χ1n) is 6.01. The molecule has 0 aliphatic heterocycles. The van der Waals surface area contributed by atoms with Gasteiger partial charge in [-0.25, -0.2) is 9.18 Å². The molecular formula is C13H16FNO5. The average Bonchev–Trinajstić information content (AvgIpc) is 2.43. The summed E-state index contributed by atoms with van der Waals surface area (Å²) in [7, 11) is 0. The summed E-state index contributed by atoms with van der Waals surface area (Å²) in [6.07, 6.45) is 0. The number of carbonyl (C=O) groups is 2. The van der Waals surface area contributed by atoms with Crippen LogP contribution in [0.1, 0.15) is 6.92 Å². The number of para-hydroxylation sites is 2. The maximum absolute atomic E-state index is 12.3. The van der Waals surface area contributed by atoms with Crippen LogP contribution in [0.4, 0.5) is 4.39 Å². The van der Waals surface area contributed by atoms with Gasteiger partial charge in [-0.15, -0.1) is 0 Å². The fourth-order valence-corrected chi connectivity index (χ4v) is 1.39. The Bertz CT molecular complexity index is 466. The lowest BCUT2D eigenvalue weighted by atomic mass is 10.3. The molecule has 1 atom stereocenters. The quantitative estimate of drug-likeness (QED) is 0.744. The number of carbonyl (C=O) groups excluding carboxylic acids is 1. The maximum Gasteiger partial charge on any atom is 0.328 e. The molecule has 0 aromatic heterocycles. The van der Waals surface area contributed by atoms with E-state index >= 15 is 0 Å². The van der Waals surface area contributed by atoms with E-state index in [1.54, 1.807) is 24.3 Å². The summed E-state index contributed by atoms with van der Waals surface area (Å²) in [5.41, 5.74) is 0. The van der Waals surface area contributed by atoms with Gasteiger partial charge in [0.15, 0.2) is 24.1 Å². The second kappa shape index (κ2) is 7.98. The van der Waals surface area contributed by atoms with E-state index in [1.165, 1.54) is 0 Å². The van der Waals surface area contributed by atoms with Gasteiger partial charge in [0.2, 0.25) is 0 Å². The number of carboxylic acids is 1. The molecular weight excluding hydrogens is 269 g/mol. The predicted molar refractivity (Wildman–Crippen MR) is 68.6 cm³/mol. The van der Waals surface area contributed by atoms with Crippen molar-refractivity contribution >= 4 is 11.9 Å². The first-order valence-corrected chi connectivity index (χ1v) is 6.01. The van der Waals surface area contributed by atoms with Crippen LogP contribution in [0.25, 0.3) is 0 Å². The normalized spacial score (nSPS) is 11.5. The predicted octanol–water partition coefficient (Wildman–Crippen LogP) is 1.00. The van der Waals surface area contributed by atoms with Crippen LogP contribution in [0.3, 0.4) is 0 Å². The fourth-order valence-electron chi connectivity index (χ4n) is 1.39. The largest absolute Gasteiger partial charge is 0.490 e. The lowest BCUT2D eigenvalue weighted by Gasteiger charge is -2.13. The molecule has 0 radical (unpaired) electrons. The number of aliphatic carboxylic acids is 1. The molecule has 20 heavy (non-hydrogen) atoms. The molecule has 0 fully saturated rings. The minimum absolute atomic E-state index is 0.358. The standard InChI is InChI=1S/C13H16FNO5/c1-2-19-10-5-3-4-6-11(10)20-8-12(16)15-9(7-14)13(17)18/h3-6,9H,2,7-8H2,1H3,(H,15,16)(H,17,18). The van der Waals surface area contributed by atoms with E-state index in [0.29, 0.717) is 18.1 Å². The number of benzene rings is 1. The molecule has 0 saturated carbocycles. The zero-order valence-electron chi connectivity index (χ0n) is 11.0. The number of hydrogen-bond donors (Lipinski definition) is 2. The van der Waals surface area contributed by atoms with E-state index in [0.717, 1.165) is 0 Å². The Labute approximate surface area is 115 Å². The Balaban J connectivity index is 2.54. The van der Waals surface area contributed by atoms with Crippen LogP contribution < -0.4 is 14.8 Å². The Hall–Kier alpha value is -2.31. The summed E-state index contributed by atoms with van der Waals surface area (Å²) in [6.45, 7) is 0.641. The van der Waals surface area contributed by atoms with Crippen molar-refractivity contribution in [3.05, 3.63) is 24.3 Å². The van der Waals surface area contributed by atoms with Gasteiger partial charge in [0.05, 0.1) is 6.61 Å². The molecule has 0 saturated heterocycles. The lowest BCUT2D eigenvalue weighted by Crippen LogP contribution is -2.44. The topological polar surface area (TPSA) is 84.9 Å². The molecule has 0 spiro atoms. The Morgan fingerprint density at radius 1 is 1.30 bits per heavy atom. The van der Waals surface area contributed by atoms with Gasteiger partial charge in [-0.3, -0.25) is 4.79 Å². The van der Waals surface area contributed by atoms with Crippen molar-refractivity contribution in [1.82, 2.24) is 5.32 Å². The molecule has 1 aromatic rings. The van der Waals surface area contributed by atoms with E-state index in [9.17, 15) is 14.0 Å². The van der Waals surface area contributed by atoms with Gasteiger partial charge >= 0.3 is 5.97 Å². The van der Waals surface area contributed by atoms with Gasteiger partial charge in [-0.2, -0.15) is 0 Å². The Kier molecular flexibility index (Phi) is 6.28. The van der Waals surface area contributed by atoms with Crippen molar-refractivity contribution in [2.75, 3.05) is 19.9 Å². The van der Waals surface area contributed by atoms with Gasteiger partial charge in [0.25, 0.3) is 5.91 Å². The van der Waals surface area contributed by atoms with Crippen molar-refractivity contribution in [2.24, 2.45) is 0 Å². The second-order valence-electron chi connectivity index (χ2n) is 3.78. The van der Waals surface area contributed by atoms with Crippen LogP contribution in [-0.2, 0) is 9.59 Å². The third kappa shape index (κ3) is 4.75. The minimum Gasteiger partial charge on any atom is -0.490 e. The number of nitrogens with one attached hydrogen (secondary N) is 1. The molecule has 1 amide bonds. The summed E-state index contributed by atoms with van der Waals surface area (Å²) in [6, 6.07) is 5.19. The van der Waals surface area contributed by atoms with E-state index in [-0.39, 0.29) is 0 Å². The van der Waals surface area contributed by atoms with Gasteiger partial charge < -0.3 is 19.9 Å². The summed E-state index contributed by atoms with van der Waals surface area (Å²) in [5.74, 6) is -1.32. The zero-order valence-corrected chi connectivity index (χ0v) is 11.0. The first kappa shape index (κ1) is 15.7.